The molecule has 1 aliphatic heterocycles. The summed E-state index contributed by atoms with van der Waals surface area (Å²) in [7, 11) is 4.08. The summed E-state index contributed by atoms with van der Waals surface area (Å²) in [6.45, 7) is 3.99. The van der Waals surface area contributed by atoms with Crippen molar-refractivity contribution in [2.75, 3.05) is 47.4 Å². The van der Waals surface area contributed by atoms with E-state index in [0.717, 1.165) is 56.3 Å². The molecule has 0 aliphatic carbocycles. The molecule has 0 radical (unpaired) electrons. The van der Waals surface area contributed by atoms with Crippen molar-refractivity contribution in [2.45, 2.75) is 24.2 Å². The van der Waals surface area contributed by atoms with E-state index in [2.05, 4.69) is 17.0 Å². The van der Waals surface area contributed by atoms with Crippen LogP contribution in [0.15, 0.2) is 83.8 Å². The topological polar surface area (TPSA) is 51.2 Å². The SMILES string of the molecule is COc1ccc2c(Oc3ccc(OCCN4CCCCC4)cc3)c(-c3ccc(S(=O)N(C)C)cc3)ccc2c1. The predicted molar refractivity (Wildman–Crippen MR) is 158 cm³/mol. The van der Waals surface area contributed by atoms with E-state index in [1.54, 1.807) is 25.5 Å². The number of hydrogen-bond donors (Lipinski definition) is 0. The fraction of sp³-hybridized carbons (Fsp3) is 0.312. The second-order valence-corrected chi connectivity index (χ2v) is 11.6. The van der Waals surface area contributed by atoms with Crippen LogP contribution < -0.4 is 14.2 Å². The van der Waals surface area contributed by atoms with Gasteiger partial charge in [-0.3, -0.25) is 4.90 Å². The van der Waals surface area contributed by atoms with Gasteiger partial charge < -0.3 is 14.2 Å². The Balaban J connectivity index is 1.39. The van der Waals surface area contributed by atoms with Crippen LogP contribution in [0.1, 0.15) is 19.3 Å². The van der Waals surface area contributed by atoms with E-state index in [4.69, 9.17) is 14.2 Å². The fourth-order valence-corrected chi connectivity index (χ4v) is 5.69. The minimum Gasteiger partial charge on any atom is -0.497 e. The molecule has 1 unspecified atom stereocenters. The lowest BCUT2D eigenvalue weighted by atomic mass is 9.99. The summed E-state index contributed by atoms with van der Waals surface area (Å²) < 4.78 is 32.2. The Hall–Kier alpha value is -3.39. The zero-order valence-electron chi connectivity index (χ0n) is 22.9. The molecule has 1 atom stereocenters. The van der Waals surface area contributed by atoms with Gasteiger partial charge in [-0.15, -0.1) is 0 Å². The average molecular weight is 545 g/mol. The maximum atomic E-state index is 12.5. The molecule has 204 valence electrons. The number of methoxy groups -OCH3 is 1. The summed E-state index contributed by atoms with van der Waals surface area (Å²) in [5.41, 5.74) is 1.94. The first kappa shape index (κ1) is 27.2. The zero-order chi connectivity index (χ0) is 27.2. The van der Waals surface area contributed by atoms with Crippen LogP contribution in [-0.4, -0.2) is 60.9 Å². The summed E-state index contributed by atoms with van der Waals surface area (Å²) in [5.74, 6) is 3.12. The van der Waals surface area contributed by atoms with Crippen LogP contribution in [0, 0.1) is 0 Å². The van der Waals surface area contributed by atoms with E-state index >= 15 is 0 Å². The molecule has 0 bridgehead atoms. The molecule has 6 nitrogen and oxygen atoms in total. The molecule has 0 N–H and O–H groups in total. The highest BCUT2D eigenvalue weighted by molar-refractivity contribution is 7.82. The van der Waals surface area contributed by atoms with Gasteiger partial charge in [-0.25, -0.2) is 8.51 Å². The molecule has 0 aromatic heterocycles. The second-order valence-electron chi connectivity index (χ2n) is 9.94. The van der Waals surface area contributed by atoms with Gasteiger partial charge in [0, 0.05) is 17.5 Å². The van der Waals surface area contributed by atoms with Gasteiger partial charge in [0.05, 0.1) is 12.0 Å². The van der Waals surface area contributed by atoms with Crippen LogP contribution in [0.4, 0.5) is 0 Å². The van der Waals surface area contributed by atoms with Crippen LogP contribution in [-0.2, 0) is 11.0 Å². The van der Waals surface area contributed by atoms with Crippen molar-refractivity contribution >= 4 is 21.8 Å². The van der Waals surface area contributed by atoms with E-state index in [1.807, 2.05) is 66.7 Å². The molecule has 4 aromatic carbocycles. The lowest BCUT2D eigenvalue weighted by Crippen LogP contribution is -2.33. The highest BCUT2D eigenvalue weighted by Gasteiger charge is 2.15. The largest absolute Gasteiger partial charge is 0.497 e. The van der Waals surface area contributed by atoms with Gasteiger partial charge in [0.25, 0.3) is 0 Å². The molecule has 5 rings (SSSR count). The molecule has 39 heavy (non-hydrogen) atoms. The lowest BCUT2D eigenvalue weighted by molar-refractivity contribution is 0.183. The Kier molecular flexibility index (Phi) is 8.81. The molecule has 1 fully saturated rings. The first-order valence-electron chi connectivity index (χ1n) is 13.5. The second kappa shape index (κ2) is 12.6. The van der Waals surface area contributed by atoms with E-state index in [1.165, 1.54) is 32.4 Å². The first-order chi connectivity index (χ1) is 19.0. The number of fused-ring (bicyclic) bond motifs is 1. The Morgan fingerprint density at radius 1 is 0.821 bits per heavy atom. The van der Waals surface area contributed by atoms with Crippen molar-refractivity contribution in [1.82, 2.24) is 9.21 Å². The fourth-order valence-electron chi connectivity index (χ4n) is 4.90. The standard InChI is InChI=1S/C32H36N2O4S/c1-33(2)39(35)29-15-7-24(8-16-29)30-17-9-25-23-28(36-3)14-18-31(25)32(30)38-27-12-10-26(11-13-27)37-22-21-34-19-5-4-6-20-34/h7-18,23H,4-6,19-22H2,1-3H3. The van der Waals surface area contributed by atoms with E-state index < -0.39 is 11.0 Å². The highest BCUT2D eigenvalue weighted by atomic mass is 32.2. The van der Waals surface area contributed by atoms with Crippen molar-refractivity contribution < 1.29 is 18.4 Å². The van der Waals surface area contributed by atoms with Crippen molar-refractivity contribution in [3.05, 3.63) is 78.9 Å². The minimum atomic E-state index is -1.20. The molecular weight excluding hydrogens is 508 g/mol. The molecule has 1 heterocycles. The number of likely N-dealkylation sites (tertiary alicyclic amines) is 1. The Labute approximate surface area is 233 Å². The van der Waals surface area contributed by atoms with E-state index in [-0.39, 0.29) is 0 Å². The quantitative estimate of drug-likeness (QED) is 0.221. The van der Waals surface area contributed by atoms with Crippen LogP contribution in [0.5, 0.6) is 23.0 Å². The molecule has 1 saturated heterocycles. The summed E-state index contributed by atoms with van der Waals surface area (Å²) in [6.07, 6.45) is 3.91. The third kappa shape index (κ3) is 6.61. The summed E-state index contributed by atoms with van der Waals surface area (Å²) >= 11 is 0. The van der Waals surface area contributed by atoms with E-state index in [0.29, 0.717) is 6.61 Å². The summed E-state index contributed by atoms with van der Waals surface area (Å²) in [5, 5.41) is 2.01. The number of benzene rings is 4. The number of hydrogen-bond acceptors (Lipinski definition) is 5. The first-order valence-corrected chi connectivity index (χ1v) is 14.6. The van der Waals surface area contributed by atoms with Gasteiger partial charge in [0.1, 0.15) is 40.6 Å². The maximum absolute atomic E-state index is 12.5. The van der Waals surface area contributed by atoms with Crippen molar-refractivity contribution in [3.63, 3.8) is 0 Å². The van der Waals surface area contributed by atoms with Gasteiger partial charge in [-0.1, -0.05) is 24.6 Å². The number of piperidine rings is 1. The molecule has 0 spiro atoms. The third-order valence-corrected chi connectivity index (χ3v) is 8.38. The van der Waals surface area contributed by atoms with Gasteiger partial charge in [0.15, 0.2) is 0 Å². The van der Waals surface area contributed by atoms with Gasteiger partial charge >= 0.3 is 0 Å². The number of ether oxygens (including phenoxy) is 3. The molecule has 4 aromatic rings. The molecule has 7 heteroatoms. The minimum absolute atomic E-state index is 0.685. The maximum Gasteiger partial charge on any atom is 0.143 e. The van der Waals surface area contributed by atoms with Gasteiger partial charge in [-0.2, -0.15) is 0 Å². The smallest absolute Gasteiger partial charge is 0.143 e. The molecule has 0 saturated carbocycles. The van der Waals surface area contributed by atoms with Crippen LogP contribution in [0.25, 0.3) is 21.9 Å². The summed E-state index contributed by atoms with van der Waals surface area (Å²) in [4.78, 5) is 3.23. The summed E-state index contributed by atoms with van der Waals surface area (Å²) in [6, 6.07) is 25.7. The molecule has 0 amide bonds. The normalized spacial score (nSPS) is 14.9. The molecular formula is C32H36N2O4S. The van der Waals surface area contributed by atoms with E-state index in [9.17, 15) is 4.21 Å². The van der Waals surface area contributed by atoms with Crippen molar-refractivity contribution in [1.29, 1.82) is 0 Å². The predicted octanol–water partition coefficient (Wildman–Crippen LogP) is 6.76. The number of rotatable bonds is 10. The Morgan fingerprint density at radius 2 is 1.51 bits per heavy atom. The van der Waals surface area contributed by atoms with Crippen LogP contribution >= 0.6 is 0 Å². The zero-order valence-corrected chi connectivity index (χ0v) is 23.7. The molecule has 1 aliphatic rings. The Morgan fingerprint density at radius 3 is 2.21 bits per heavy atom. The van der Waals surface area contributed by atoms with Gasteiger partial charge in [0.2, 0.25) is 0 Å². The Bertz CT molecular complexity index is 1420. The lowest BCUT2D eigenvalue weighted by Gasteiger charge is -2.26. The highest BCUT2D eigenvalue weighted by Crippen LogP contribution is 2.41. The van der Waals surface area contributed by atoms with Crippen LogP contribution in [0.2, 0.25) is 0 Å². The van der Waals surface area contributed by atoms with Gasteiger partial charge in [-0.05, 0) is 112 Å². The van der Waals surface area contributed by atoms with Crippen LogP contribution in [0.3, 0.4) is 0 Å². The average Bonchev–Trinajstić information content (AvgIpc) is 2.98. The van der Waals surface area contributed by atoms with Crippen molar-refractivity contribution in [2.24, 2.45) is 0 Å². The monoisotopic (exact) mass is 544 g/mol. The van der Waals surface area contributed by atoms with Crippen molar-refractivity contribution in [3.8, 4) is 34.1 Å². The third-order valence-electron chi connectivity index (χ3n) is 7.04. The number of nitrogens with zero attached hydrogens (tertiary/aromatic N) is 2.